The molecule has 0 saturated heterocycles. The summed E-state index contributed by atoms with van der Waals surface area (Å²) in [6.45, 7) is 2.29. The molecule has 29 heavy (non-hydrogen) atoms. The number of hydrogen-bond acceptors (Lipinski definition) is 1. The first-order valence-electron chi connectivity index (χ1n) is 11.7. The van der Waals surface area contributed by atoms with Gasteiger partial charge in [-0.2, -0.15) is 0 Å². The maximum absolute atomic E-state index is 3.70. The van der Waals surface area contributed by atoms with E-state index in [9.17, 15) is 0 Å². The lowest BCUT2D eigenvalue weighted by molar-refractivity contribution is 0.556. The number of unbranched alkanes of at least 4 members (excludes halogenated alkanes) is 9. The molecule has 0 amide bonds. The molecule has 0 spiro atoms. The third kappa shape index (κ3) is 6.92. The molecule has 1 heteroatoms. The molecular weight excluding hydrogens is 350 g/mol. The Bertz CT molecular complexity index is 837. The van der Waals surface area contributed by atoms with Crippen molar-refractivity contribution in [1.82, 2.24) is 0 Å². The Hall–Kier alpha value is -2.28. The molecule has 1 nitrogen and oxygen atoms in total. The summed E-state index contributed by atoms with van der Waals surface area (Å²) in [5.74, 6) is 0. The van der Waals surface area contributed by atoms with Crippen molar-refractivity contribution in [2.45, 2.75) is 77.6 Å². The smallest absolute Gasteiger partial charge is 0.0496 e. The van der Waals surface area contributed by atoms with Crippen LogP contribution in [0.2, 0.25) is 0 Å². The normalized spacial score (nSPS) is 11.1. The molecule has 0 unspecified atom stereocenters. The first-order valence-corrected chi connectivity index (χ1v) is 11.7. The Morgan fingerprint density at radius 2 is 1.21 bits per heavy atom. The molecule has 0 aliphatic heterocycles. The Labute approximate surface area is 177 Å². The standard InChI is InChI=1S/C28H37N/c1-2-3-4-5-6-7-8-9-10-12-18-25-23-22-24-17-15-16-21-27(24)28(25)29-26-19-13-11-14-20-26/h11,13-17,19-23,29H,2-10,12,18H2,1H3. The van der Waals surface area contributed by atoms with Gasteiger partial charge in [0.2, 0.25) is 0 Å². The highest BCUT2D eigenvalue weighted by Gasteiger charge is 2.08. The average molecular weight is 388 g/mol. The van der Waals surface area contributed by atoms with Crippen LogP contribution in [0.5, 0.6) is 0 Å². The van der Waals surface area contributed by atoms with Gasteiger partial charge in [-0.05, 0) is 35.9 Å². The monoisotopic (exact) mass is 387 g/mol. The van der Waals surface area contributed by atoms with E-state index in [-0.39, 0.29) is 0 Å². The molecule has 0 atom stereocenters. The van der Waals surface area contributed by atoms with Gasteiger partial charge in [-0.15, -0.1) is 0 Å². The lowest BCUT2D eigenvalue weighted by atomic mass is 9.98. The van der Waals surface area contributed by atoms with Crippen molar-refractivity contribution in [2.24, 2.45) is 0 Å². The van der Waals surface area contributed by atoms with Crippen LogP contribution in [0.15, 0.2) is 66.7 Å². The van der Waals surface area contributed by atoms with E-state index in [1.54, 1.807) is 0 Å². The van der Waals surface area contributed by atoms with E-state index >= 15 is 0 Å². The van der Waals surface area contributed by atoms with E-state index in [1.165, 1.54) is 86.2 Å². The third-order valence-electron chi connectivity index (χ3n) is 5.86. The zero-order valence-electron chi connectivity index (χ0n) is 18.1. The number of nitrogens with one attached hydrogen (secondary N) is 1. The predicted octanol–water partition coefficient (Wildman–Crippen LogP) is 9.05. The van der Waals surface area contributed by atoms with Crippen LogP contribution in [0.1, 0.15) is 76.7 Å². The zero-order valence-corrected chi connectivity index (χ0v) is 18.1. The van der Waals surface area contributed by atoms with Crippen LogP contribution in [-0.4, -0.2) is 0 Å². The van der Waals surface area contributed by atoms with E-state index in [0.717, 1.165) is 12.1 Å². The molecule has 3 rings (SSSR count). The van der Waals surface area contributed by atoms with Crippen LogP contribution >= 0.6 is 0 Å². The lowest BCUT2D eigenvalue weighted by Crippen LogP contribution is -1.98. The second kappa shape index (κ2) is 12.3. The van der Waals surface area contributed by atoms with Gasteiger partial charge in [0, 0.05) is 16.8 Å². The van der Waals surface area contributed by atoms with E-state index < -0.39 is 0 Å². The second-order valence-electron chi connectivity index (χ2n) is 8.24. The quantitative estimate of drug-likeness (QED) is 0.288. The van der Waals surface area contributed by atoms with E-state index in [0.29, 0.717) is 0 Å². The van der Waals surface area contributed by atoms with E-state index in [4.69, 9.17) is 0 Å². The van der Waals surface area contributed by atoms with Gasteiger partial charge in [-0.3, -0.25) is 0 Å². The predicted molar refractivity (Wildman–Crippen MR) is 129 cm³/mol. The fraction of sp³-hybridized carbons (Fsp3) is 0.429. The molecule has 0 saturated carbocycles. The maximum atomic E-state index is 3.70. The molecule has 0 aliphatic carbocycles. The van der Waals surface area contributed by atoms with Crippen LogP contribution in [-0.2, 0) is 6.42 Å². The fourth-order valence-electron chi connectivity index (χ4n) is 4.14. The van der Waals surface area contributed by atoms with Gasteiger partial charge in [0.05, 0.1) is 0 Å². The lowest BCUT2D eigenvalue weighted by Gasteiger charge is -2.15. The van der Waals surface area contributed by atoms with Crippen molar-refractivity contribution in [3.63, 3.8) is 0 Å². The highest BCUT2D eigenvalue weighted by atomic mass is 14.9. The third-order valence-corrected chi connectivity index (χ3v) is 5.86. The van der Waals surface area contributed by atoms with E-state index in [1.807, 2.05) is 0 Å². The molecule has 0 aromatic heterocycles. The molecule has 0 bridgehead atoms. The van der Waals surface area contributed by atoms with Crippen LogP contribution < -0.4 is 5.32 Å². The number of hydrogen-bond donors (Lipinski definition) is 1. The summed E-state index contributed by atoms with van der Waals surface area (Å²) < 4.78 is 0. The molecule has 0 radical (unpaired) electrons. The average Bonchev–Trinajstić information content (AvgIpc) is 2.77. The molecule has 0 fully saturated rings. The summed E-state index contributed by atoms with van der Waals surface area (Å²) >= 11 is 0. The number of benzene rings is 3. The van der Waals surface area contributed by atoms with Crippen molar-refractivity contribution in [3.8, 4) is 0 Å². The Balaban J connectivity index is 1.53. The zero-order chi connectivity index (χ0) is 20.2. The molecule has 3 aromatic carbocycles. The highest BCUT2D eigenvalue weighted by molar-refractivity contribution is 5.97. The summed E-state index contributed by atoms with van der Waals surface area (Å²) in [4.78, 5) is 0. The van der Waals surface area contributed by atoms with Crippen molar-refractivity contribution in [2.75, 3.05) is 5.32 Å². The largest absolute Gasteiger partial charge is 0.355 e. The number of aryl methyl sites for hydroxylation is 1. The minimum absolute atomic E-state index is 1.15. The maximum Gasteiger partial charge on any atom is 0.0496 e. The second-order valence-corrected chi connectivity index (χ2v) is 8.24. The van der Waals surface area contributed by atoms with Crippen LogP contribution in [0.3, 0.4) is 0 Å². The van der Waals surface area contributed by atoms with Crippen molar-refractivity contribution in [3.05, 3.63) is 72.3 Å². The first-order chi connectivity index (χ1) is 14.4. The molecule has 1 N–H and O–H groups in total. The highest BCUT2D eigenvalue weighted by Crippen LogP contribution is 2.31. The number of rotatable bonds is 13. The summed E-state index contributed by atoms with van der Waals surface area (Å²) in [6, 6.07) is 23.8. The minimum Gasteiger partial charge on any atom is -0.355 e. The summed E-state index contributed by atoms with van der Waals surface area (Å²) in [5, 5.41) is 6.32. The van der Waals surface area contributed by atoms with Gasteiger partial charge in [0.1, 0.15) is 0 Å². The minimum atomic E-state index is 1.15. The number of para-hydroxylation sites is 1. The Kier molecular flexibility index (Phi) is 9.10. The fourth-order valence-corrected chi connectivity index (χ4v) is 4.14. The molecular formula is C28H37N. The Morgan fingerprint density at radius 1 is 0.586 bits per heavy atom. The SMILES string of the molecule is CCCCCCCCCCCCc1ccc2ccccc2c1Nc1ccccc1. The van der Waals surface area contributed by atoms with Gasteiger partial charge in [-0.25, -0.2) is 0 Å². The molecule has 0 aliphatic rings. The molecule has 0 heterocycles. The topological polar surface area (TPSA) is 12.0 Å². The van der Waals surface area contributed by atoms with E-state index in [2.05, 4.69) is 79.0 Å². The summed E-state index contributed by atoms with van der Waals surface area (Å²) in [7, 11) is 0. The van der Waals surface area contributed by atoms with Gasteiger partial charge in [0.15, 0.2) is 0 Å². The van der Waals surface area contributed by atoms with Gasteiger partial charge < -0.3 is 5.32 Å². The van der Waals surface area contributed by atoms with Gasteiger partial charge in [0.25, 0.3) is 0 Å². The van der Waals surface area contributed by atoms with Crippen molar-refractivity contribution < 1.29 is 0 Å². The van der Waals surface area contributed by atoms with Crippen LogP contribution in [0.25, 0.3) is 10.8 Å². The summed E-state index contributed by atoms with van der Waals surface area (Å²) in [6.07, 6.45) is 15.0. The van der Waals surface area contributed by atoms with Crippen LogP contribution in [0, 0.1) is 0 Å². The molecule has 154 valence electrons. The van der Waals surface area contributed by atoms with Crippen molar-refractivity contribution in [1.29, 1.82) is 0 Å². The van der Waals surface area contributed by atoms with Gasteiger partial charge >= 0.3 is 0 Å². The number of anilines is 2. The first kappa shape index (κ1) is 21.4. The Morgan fingerprint density at radius 3 is 1.93 bits per heavy atom. The van der Waals surface area contributed by atoms with Gasteiger partial charge in [-0.1, -0.05) is 119 Å². The van der Waals surface area contributed by atoms with Crippen molar-refractivity contribution >= 4 is 22.1 Å². The summed E-state index contributed by atoms with van der Waals surface area (Å²) in [5.41, 5.74) is 3.88. The molecule has 3 aromatic rings. The number of fused-ring (bicyclic) bond motifs is 1. The van der Waals surface area contributed by atoms with Crippen LogP contribution in [0.4, 0.5) is 11.4 Å².